The molecule has 2 aromatic carbocycles. The number of benzene rings is 2. The molecule has 1 atom stereocenters. The number of aryl methyl sites for hydroxylation is 1. The Balaban J connectivity index is 1.56. The highest BCUT2D eigenvalue weighted by Crippen LogP contribution is 2.25. The van der Waals surface area contributed by atoms with E-state index in [2.05, 4.69) is 60.3 Å². The van der Waals surface area contributed by atoms with Gasteiger partial charge in [-0.2, -0.15) is 0 Å². The summed E-state index contributed by atoms with van der Waals surface area (Å²) in [7, 11) is 0. The molecule has 2 heterocycles. The monoisotopic (exact) mass is 403 g/mol. The quantitative estimate of drug-likeness (QED) is 0.408. The van der Waals surface area contributed by atoms with Gasteiger partial charge in [0, 0.05) is 11.4 Å². The fourth-order valence-corrected chi connectivity index (χ4v) is 3.95. The Morgan fingerprint density at radius 1 is 1.10 bits per heavy atom. The number of nitrogens with zero attached hydrogens (tertiary/aromatic N) is 1. The van der Waals surface area contributed by atoms with Crippen LogP contribution in [-0.4, -0.2) is 9.97 Å². The molecule has 0 aliphatic carbocycles. The highest BCUT2D eigenvalue weighted by atomic mass is 16.3. The Labute approximate surface area is 176 Å². The van der Waals surface area contributed by atoms with Crippen LogP contribution in [0.3, 0.4) is 0 Å². The number of aromatic amines is 1. The molecule has 0 radical (unpaired) electrons. The molecule has 30 heavy (non-hydrogen) atoms. The van der Waals surface area contributed by atoms with E-state index in [1.807, 2.05) is 24.3 Å². The van der Waals surface area contributed by atoms with Crippen molar-refractivity contribution in [2.75, 3.05) is 0 Å². The Hall–Kier alpha value is -2.92. The van der Waals surface area contributed by atoms with Crippen LogP contribution < -0.4 is 10.9 Å². The van der Waals surface area contributed by atoms with Crippen molar-refractivity contribution in [2.45, 2.75) is 52.6 Å². The van der Waals surface area contributed by atoms with Gasteiger partial charge in [0.05, 0.1) is 6.54 Å². The van der Waals surface area contributed by atoms with Crippen molar-refractivity contribution in [1.82, 2.24) is 15.3 Å². The summed E-state index contributed by atoms with van der Waals surface area (Å²) in [5.74, 6) is 1.01. The van der Waals surface area contributed by atoms with Crippen molar-refractivity contribution >= 4 is 22.1 Å². The first kappa shape index (κ1) is 20.4. The molecule has 0 fully saturated rings. The summed E-state index contributed by atoms with van der Waals surface area (Å²) in [5.41, 5.74) is 3.97. The molecule has 4 rings (SSSR count). The predicted molar refractivity (Wildman–Crippen MR) is 122 cm³/mol. The van der Waals surface area contributed by atoms with E-state index in [0.717, 1.165) is 11.8 Å². The van der Waals surface area contributed by atoms with Gasteiger partial charge >= 0.3 is 0 Å². The first-order valence-electron chi connectivity index (χ1n) is 10.8. The maximum atomic E-state index is 12.5. The van der Waals surface area contributed by atoms with E-state index in [4.69, 9.17) is 4.42 Å². The Morgan fingerprint density at radius 2 is 1.87 bits per heavy atom. The lowest BCUT2D eigenvalue weighted by molar-refractivity contribution is 0.406. The van der Waals surface area contributed by atoms with Crippen LogP contribution in [0.4, 0.5) is 0 Å². The minimum absolute atomic E-state index is 0.173. The van der Waals surface area contributed by atoms with Crippen molar-refractivity contribution in [3.05, 3.63) is 75.8 Å². The molecular weight excluding hydrogens is 374 g/mol. The van der Waals surface area contributed by atoms with E-state index in [1.165, 1.54) is 24.0 Å². The normalized spacial score (nSPS) is 12.8. The van der Waals surface area contributed by atoms with E-state index in [9.17, 15) is 4.79 Å². The molecule has 2 aromatic heterocycles. The van der Waals surface area contributed by atoms with E-state index >= 15 is 0 Å². The molecule has 0 saturated carbocycles. The number of H-pyrrole nitrogens is 1. The second-order valence-electron chi connectivity index (χ2n) is 8.24. The SMILES string of the molecule is CCCCc1ccc([C@H](NCc2nc3c(oc4ccccc43)c(=O)[nH]2)C(C)C)cc1. The summed E-state index contributed by atoms with van der Waals surface area (Å²) in [6, 6.07) is 16.7. The molecule has 0 amide bonds. The fraction of sp³-hybridized carbons (Fsp3) is 0.360. The van der Waals surface area contributed by atoms with Gasteiger partial charge in [0.2, 0.25) is 5.58 Å². The van der Waals surface area contributed by atoms with Gasteiger partial charge in [-0.3, -0.25) is 4.79 Å². The van der Waals surface area contributed by atoms with Crippen molar-refractivity contribution in [2.24, 2.45) is 5.92 Å². The molecule has 4 aromatic rings. The largest absolute Gasteiger partial charge is 0.449 e. The third kappa shape index (κ3) is 4.17. The summed E-state index contributed by atoms with van der Waals surface area (Å²) in [6.07, 6.45) is 3.55. The molecule has 0 unspecified atom stereocenters. The summed E-state index contributed by atoms with van der Waals surface area (Å²) in [5, 5.41) is 4.45. The number of para-hydroxylation sites is 1. The lowest BCUT2D eigenvalue weighted by Crippen LogP contribution is -2.27. The van der Waals surface area contributed by atoms with E-state index in [-0.39, 0.29) is 17.2 Å². The molecule has 156 valence electrons. The maximum absolute atomic E-state index is 12.5. The summed E-state index contributed by atoms with van der Waals surface area (Å²) >= 11 is 0. The molecule has 0 spiro atoms. The standard InChI is InChI=1S/C25H29N3O2/c1-4-5-8-17-11-13-18(14-12-17)22(16(2)3)26-15-21-27-23-19-9-6-7-10-20(19)30-24(23)25(29)28-21/h6-7,9-14,16,22,26H,4-5,8,15H2,1-3H3,(H,27,28,29)/t22-/m1/s1. The zero-order valence-electron chi connectivity index (χ0n) is 17.9. The summed E-state index contributed by atoms with van der Waals surface area (Å²) < 4.78 is 5.68. The van der Waals surface area contributed by atoms with E-state index < -0.39 is 0 Å². The van der Waals surface area contributed by atoms with Gasteiger partial charge in [-0.15, -0.1) is 0 Å². The Kier molecular flexibility index (Phi) is 6.00. The minimum Gasteiger partial charge on any atom is -0.449 e. The number of hydrogen-bond donors (Lipinski definition) is 2. The third-order valence-corrected chi connectivity index (χ3v) is 5.59. The Bertz CT molecular complexity index is 1190. The van der Waals surface area contributed by atoms with Gasteiger partial charge in [0.1, 0.15) is 16.9 Å². The van der Waals surface area contributed by atoms with Crippen molar-refractivity contribution in [1.29, 1.82) is 0 Å². The third-order valence-electron chi connectivity index (χ3n) is 5.59. The average molecular weight is 404 g/mol. The first-order chi connectivity index (χ1) is 14.6. The number of nitrogens with one attached hydrogen (secondary N) is 2. The molecule has 2 N–H and O–H groups in total. The average Bonchev–Trinajstić information content (AvgIpc) is 3.12. The lowest BCUT2D eigenvalue weighted by Gasteiger charge is -2.23. The van der Waals surface area contributed by atoms with Gasteiger partial charge < -0.3 is 14.7 Å². The number of furan rings is 1. The fourth-order valence-electron chi connectivity index (χ4n) is 3.95. The lowest BCUT2D eigenvalue weighted by atomic mass is 9.94. The second-order valence-corrected chi connectivity index (χ2v) is 8.24. The number of unbranched alkanes of at least 4 members (excludes halogenated alkanes) is 1. The number of aromatic nitrogens is 2. The van der Waals surface area contributed by atoms with Crippen LogP contribution in [0.5, 0.6) is 0 Å². The minimum atomic E-state index is -0.241. The van der Waals surface area contributed by atoms with Crippen LogP contribution >= 0.6 is 0 Å². The highest BCUT2D eigenvalue weighted by Gasteiger charge is 2.17. The summed E-state index contributed by atoms with van der Waals surface area (Å²) in [6.45, 7) is 7.09. The predicted octanol–water partition coefficient (Wildman–Crippen LogP) is 5.50. The van der Waals surface area contributed by atoms with Crippen LogP contribution in [0, 0.1) is 5.92 Å². The van der Waals surface area contributed by atoms with Crippen molar-refractivity contribution < 1.29 is 4.42 Å². The van der Waals surface area contributed by atoms with Crippen LogP contribution in [0.2, 0.25) is 0 Å². The van der Waals surface area contributed by atoms with Gasteiger partial charge in [-0.25, -0.2) is 4.98 Å². The Morgan fingerprint density at radius 3 is 2.60 bits per heavy atom. The molecule has 0 bridgehead atoms. The molecular formula is C25H29N3O2. The molecule has 5 nitrogen and oxygen atoms in total. The van der Waals surface area contributed by atoms with Crippen molar-refractivity contribution in [3.8, 4) is 0 Å². The molecule has 5 heteroatoms. The number of hydrogen-bond acceptors (Lipinski definition) is 4. The van der Waals surface area contributed by atoms with Gasteiger partial charge in [0.25, 0.3) is 5.56 Å². The van der Waals surface area contributed by atoms with Crippen LogP contribution in [0.25, 0.3) is 22.1 Å². The summed E-state index contributed by atoms with van der Waals surface area (Å²) in [4.78, 5) is 20.1. The van der Waals surface area contributed by atoms with E-state index in [0.29, 0.717) is 29.4 Å². The smallest absolute Gasteiger partial charge is 0.294 e. The van der Waals surface area contributed by atoms with E-state index in [1.54, 1.807) is 0 Å². The van der Waals surface area contributed by atoms with Gasteiger partial charge in [0.15, 0.2) is 0 Å². The van der Waals surface area contributed by atoms with Gasteiger partial charge in [-0.1, -0.05) is 63.6 Å². The zero-order chi connectivity index (χ0) is 21.1. The molecule has 0 aliphatic heterocycles. The maximum Gasteiger partial charge on any atom is 0.294 e. The molecule has 0 aliphatic rings. The zero-order valence-corrected chi connectivity index (χ0v) is 17.9. The van der Waals surface area contributed by atoms with Crippen LogP contribution in [0.1, 0.15) is 56.6 Å². The number of rotatable bonds is 8. The highest BCUT2D eigenvalue weighted by molar-refractivity contribution is 6.01. The van der Waals surface area contributed by atoms with Gasteiger partial charge in [-0.05, 0) is 42.0 Å². The second kappa shape index (κ2) is 8.84. The van der Waals surface area contributed by atoms with Crippen LogP contribution in [-0.2, 0) is 13.0 Å². The van der Waals surface area contributed by atoms with Crippen molar-refractivity contribution in [3.63, 3.8) is 0 Å². The van der Waals surface area contributed by atoms with Crippen LogP contribution in [0.15, 0.2) is 57.7 Å². The topological polar surface area (TPSA) is 70.9 Å². The molecule has 0 saturated heterocycles. The first-order valence-corrected chi connectivity index (χ1v) is 10.8. The number of fused-ring (bicyclic) bond motifs is 3.